The molecule has 9 aromatic carbocycles. The lowest BCUT2D eigenvalue weighted by atomic mass is 9.93. The molecule has 0 unspecified atom stereocenters. The molecular formula is C54H32N4O. The smallest absolute Gasteiger partial charge is 0.235 e. The highest BCUT2D eigenvalue weighted by Crippen LogP contribution is 2.49. The first-order valence-corrected chi connectivity index (χ1v) is 20.0. The Morgan fingerprint density at radius 2 is 1.02 bits per heavy atom. The second kappa shape index (κ2) is 12.2. The summed E-state index contributed by atoms with van der Waals surface area (Å²) < 4.78 is 11.3. The van der Waals surface area contributed by atoms with Gasteiger partial charge in [0.15, 0.2) is 0 Å². The molecule has 0 bridgehead atoms. The standard InChI is InChI=1S/C54H32N4O/c1-3-13-34(14-4-1)53-40-20-7-9-22-45(40)55-54(56-53)58-46-23-10-8-19-38(46)41-29-35(26-28-48(41)58)36-25-27-47-42(30-36)43-31-44-39-21-11-15-33-16-12-24-50(52(33)39)59-51(44)32-49(43)57(47)37-17-5-2-6-18-37/h1-32H. The molecule has 4 heterocycles. The summed E-state index contributed by atoms with van der Waals surface area (Å²) in [5.74, 6) is 2.43. The maximum absolute atomic E-state index is 6.67. The first-order valence-electron chi connectivity index (χ1n) is 20.0. The molecule has 0 aliphatic carbocycles. The van der Waals surface area contributed by atoms with Crippen LogP contribution in [0.3, 0.4) is 0 Å². The lowest BCUT2D eigenvalue weighted by Crippen LogP contribution is -2.03. The average Bonchev–Trinajstić information content (AvgIpc) is 3.80. The third kappa shape index (κ3) is 4.73. The summed E-state index contributed by atoms with van der Waals surface area (Å²) in [6.45, 7) is 0. The molecule has 59 heavy (non-hydrogen) atoms. The summed E-state index contributed by atoms with van der Waals surface area (Å²) in [6, 6.07) is 69.0. The number of para-hydroxylation sites is 3. The summed E-state index contributed by atoms with van der Waals surface area (Å²) in [6.07, 6.45) is 0. The van der Waals surface area contributed by atoms with E-state index in [1.165, 1.54) is 21.7 Å². The number of nitrogens with zero attached hydrogens (tertiary/aromatic N) is 4. The highest BCUT2D eigenvalue weighted by molar-refractivity contribution is 6.15. The van der Waals surface area contributed by atoms with Crippen molar-refractivity contribution < 1.29 is 4.74 Å². The molecule has 1 aliphatic rings. The predicted molar refractivity (Wildman–Crippen MR) is 242 cm³/mol. The van der Waals surface area contributed by atoms with E-state index in [-0.39, 0.29) is 0 Å². The van der Waals surface area contributed by atoms with E-state index in [9.17, 15) is 0 Å². The molecule has 5 nitrogen and oxygen atoms in total. The van der Waals surface area contributed by atoms with Crippen LogP contribution in [-0.4, -0.2) is 19.1 Å². The Morgan fingerprint density at radius 3 is 1.83 bits per heavy atom. The maximum Gasteiger partial charge on any atom is 0.235 e. The van der Waals surface area contributed by atoms with Crippen LogP contribution in [0.5, 0.6) is 11.5 Å². The molecule has 0 fully saturated rings. The van der Waals surface area contributed by atoms with Crippen molar-refractivity contribution in [3.8, 4) is 56.6 Å². The zero-order valence-electron chi connectivity index (χ0n) is 31.7. The molecule has 0 radical (unpaired) electrons. The van der Waals surface area contributed by atoms with E-state index in [0.29, 0.717) is 5.95 Å². The van der Waals surface area contributed by atoms with Crippen molar-refractivity contribution in [2.45, 2.75) is 0 Å². The van der Waals surface area contributed by atoms with Gasteiger partial charge >= 0.3 is 0 Å². The maximum atomic E-state index is 6.67. The van der Waals surface area contributed by atoms with Gasteiger partial charge in [-0.05, 0) is 82.7 Å². The summed E-state index contributed by atoms with van der Waals surface area (Å²) in [5, 5.41) is 8.06. The number of benzene rings is 9. The van der Waals surface area contributed by atoms with Crippen molar-refractivity contribution in [2.75, 3.05) is 0 Å². The largest absolute Gasteiger partial charge is 0.456 e. The van der Waals surface area contributed by atoms with Gasteiger partial charge in [0.1, 0.15) is 11.5 Å². The highest BCUT2D eigenvalue weighted by atomic mass is 16.5. The van der Waals surface area contributed by atoms with Gasteiger partial charge in [-0.15, -0.1) is 0 Å². The van der Waals surface area contributed by atoms with Gasteiger partial charge in [0, 0.05) is 55.2 Å². The van der Waals surface area contributed by atoms with Crippen LogP contribution in [0.4, 0.5) is 0 Å². The van der Waals surface area contributed by atoms with Crippen LogP contribution in [0.25, 0.3) is 110 Å². The number of ether oxygens (including phenoxy) is 1. The molecule has 0 spiro atoms. The lowest BCUT2D eigenvalue weighted by Gasteiger charge is -2.21. The van der Waals surface area contributed by atoms with Gasteiger partial charge in [-0.2, -0.15) is 0 Å². The normalized spacial score (nSPS) is 12.2. The summed E-state index contributed by atoms with van der Waals surface area (Å²) in [4.78, 5) is 10.5. The Bertz CT molecular complexity index is 3690. The Balaban J connectivity index is 1.02. The molecule has 12 aromatic rings. The number of hydrogen-bond acceptors (Lipinski definition) is 3. The number of fused-ring (bicyclic) bond motifs is 9. The number of rotatable bonds is 4. The minimum atomic E-state index is 0.655. The molecule has 1 aliphatic heterocycles. The van der Waals surface area contributed by atoms with Crippen LogP contribution in [0.2, 0.25) is 0 Å². The van der Waals surface area contributed by atoms with E-state index in [1.807, 2.05) is 12.1 Å². The Morgan fingerprint density at radius 1 is 0.373 bits per heavy atom. The van der Waals surface area contributed by atoms with Crippen LogP contribution in [0, 0.1) is 0 Å². The van der Waals surface area contributed by atoms with E-state index in [4.69, 9.17) is 14.7 Å². The van der Waals surface area contributed by atoms with E-state index < -0.39 is 0 Å². The molecule has 0 N–H and O–H groups in total. The van der Waals surface area contributed by atoms with Gasteiger partial charge in [-0.25, -0.2) is 9.97 Å². The number of hydrogen-bond donors (Lipinski definition) is 0. The molecule has 0 saturated carbocycles. The van der Waals surface area contributed by atoms with Crippen LogP contribution in [-0.2, 0) is 0 Å². The topological polar surface area (TPSA) is 44.9 Å². The SMILES string of the molecule is c1ccc(-c2nc(-n3c4ccccc4c4cc(-c5ccc6c(c5)c5cc7c(cc5n6-c5ccccc5)Oc5cccc6cccc-7c56)ccc43)nc3ccccc23)cc1. The second-order valence-corrected chi connectivity index (χ2v) is 15.4. The van der Waals surface area contributed by atoms with Crippen LogP contribution in [0.1, 0.15) is 0 Å². The first-order chi connectivity index (χ1) is 29.2. The monoisotopic (exact) mass is 752 g/mol. The van der Waals surface area contributed by atoms with Crippen LogP contribution < -0.4 is 4.74 Å². The summed E-state index contributed by atoms with van der Waals surface area (Å²) in [5.41, 5.74) is 13.0. The molecule has 0 amide bonds. The number of aromatic nitrogens is 4. The fourth-order valence-corrected chi connectivity index (χ4v) is 9.46. The summed E-state index contributed by atoms with van der Waals surface area (Å²) in [7, 11) is 0. The van der Waals surface area contributed by atoms with E-state index in [2.05, 4.69) is 191 Å². The van der Waals surface area contributed by atoms with Gasteiger partial charge in [-0.1, -0.05) is 127 Å². The predicted octanol–water partition coefficient (Wildman–Crippen LogP) is 14.1. The Labute approximate surface area is 338 Å². The van der Waals surface area contributed by atoms with Gasteiger partial charge in [0.25, 0.3) is 0 Å². The molecular weight excluding hydrogens is 721 g/mol. The van der Waals surface area contributed by atoms with Crippen LogP contribution >= 0.6 is 0 Å². The van der Waals surface area contributed by atoms with E-state index in [0.717, 1.165) is 94.3 Å². The molecule has 0 atom stereocenters. The molecule has 274 valence electrons. The van der Waals surface area contributed by atoms with Crippen molar-refractivity contribution in [1.82, 2.24) is 19.1 Å². The van der Waals surface area contributed by atoms with Gasteiger partial charge in [-0.3, -0.25) is 4.57 Å². The third-order valence-corrected chi connectivity index (χ3v) is 12.1. The van der Waals surface area contributed by atoms with E-state index in [1.54, 1.807) is 0 Å². The Kier molecular flexibility index (Phi) is 6.66. The molecule has 3 aromatic heterocycles. The zero-order chi connectivity index (χ0) is 38.6. The first kappa shape index (κ1) is 32.1. The van der Waals surface area contributed by atoms with Crippen molar-refractivity contribution in [3.63, 3.8) is 0 Å². The Hall–Kier alpha value is -8.02. The third-order valence-electron chi connectivity index (χ3n) is 12.1. The van der Waals surface area contributed by atoms with Crippen LogP contribution in [0.15, 0.2) is 194 Å². The van der Waals surface area contributed by atoms with E-state index >= 15 is 0 Å². The molecule has 0 saturated heterocycles. The van der Waals surface area contributed by atoms with Gasteiger partial charge in [0.05, 0.1) is 33.3 Å². The molecule has 13 rings (SSSR count). The van der Waals surface area contributed by atoms with Gasteiger partial charge < -0.3 is 9.30 Å². The lowest BCUT2D eigenvalue weighted by molar-refractivity contribution is 0.487. The minimum absolute atomic E-state index is 0.655. The second-order valence-electron chi connectivity index (χ2n) is 15.4. The fourth-order valence-electron chi connectivity index (χ4n) is 9.46. The average molecular weight is 753 g/mol. The fraction of sp³-hybridized carbons (Fsp3) is 0. The van der Waals surface area contributed by atoms with Crippen molar-refractivity contribution in [3.05, 3.63) is 194 Å². The summed E-state index contributed by atoms with van der Waals surface area (Å²) >= 11 is 0. The van der Waals surface area contributed by atoms with Gasteiger partial charge in [0.2, 0.25) is 5.95 Å². The van der Waals surface area contributed by atoms with Crippen molar-refractivity contribution in [1.29, 1.82) is 0 Å². The zero-order valence-corrected chi connectivity index (χ0v) is 31.7. The minimum Gasteiger partial charge on any atom is -0.456 e. The van der Waals surface area contributed by atoms with Crippen molar-refractivity contribution >= 4 is 65.3 Å². The quantitative estimate of drug-likeness (QED) is 0.180. The van der Waals surface area contributed by atoms with Crippen molar-refractivity contribution in [2.24, 2.45) is 0 Å². The highest BCUT2D eigenvalue weighted by Gasteiger charge is 2.24. The molecule has 5 heteroatoms.